The number of hydrogen-bond donors (Lipinski definition) is 2. The first-order valence-electron chi connectivity index (χ1n) is 6.85. The van der Waals surface area contributed by atoms with Crippen LogP contribution in [0.3, 0.4) is 0 Å². The van der Waals surface area contributed by atoms with Crippen molar-refractivity contribution < 1.29 is 14.6 Å². The third-order valence-electron chi connectivity index (χ3n) is 3.16. The maximum Gasteiger partial charge on any atom is 0.412 e. The lowest BCUT2D eigenvalue weighted by Gasteiger charge is -2.08. The third-order valence-corrected chi connectivity index (χ3v) is 3.16. The van der Waals surface area contributed by atoms with Crippen molar-refractivity contribution in [1.82, 2.24) is 5.32 Å². The molecule has 2 N–H and O–H groups in total. The first-order valence-corrected chi connectivity index (χ1v) is 6.85. The molecule has 5 nitrogen and oxygen atoms in total. The van der Waals surface area contributed by atoms with E-state index < -0.39 is 6.09 Å². The Hall–Kier alpha value is -2.82. The molecule has 0 bridgehead atoms. The Morgan fingerprint density at radius 2 is 1.95 bits per heavy atom. The molecule has 22 heavy (non-hydrogen) atoms. The quantitative estimate of drug-likeness (QED) is 0.851. The van der Waals surface area contributed by atoms with Gasteiger partial charge in [0.05, 0.1) is 5.69 Å². The molecule has 0 heterocycles. The maximum absolute atomic E-state index is 11.2. The maximum atomic E-state index is 11.2. The van der Waals surface area contributed by atoms with Gasteiger partial charge in [0.25, 0.3) is 0 Å². The number of para-hydroxylation sites is 1. The van der Waals surface area contributed by atoms with Crippen LogP contribution in [0.1, 0.15) is 18.1 Å². The molecule has 114 valence electrons. The van der Waals surface area contributed by atoms with E-state index in [9.17, 15) is 9.90 Å². The van der Waals surface area contributed by atoms with Crippen molar-refractivity contribution in [3.8, 4) is 11.5 Å². The number of carbonyl (C=O) groups is 1. The normalized spacial score (nSPS) is 11.1. The Morgan fingerprint density at radius 3 is 2.59 bits per heavy atom. The molecule has 0 saturated heterocycles. The molecule has 0 fully saturated rings. The highest BCUT2D eigenvalue weighted by Gasteiger charge is 2.07. The van der Waals surface area contributed by atoms with Crippen molar-refractivity contribution in [2.45, 2.75) is 13.8 Å². The van der Waals surface area contributed by atoms with Crippen LogP contribution >= 0.6 is 0 Å². The highest BCUT2D eigenvalue weighted by Crippen LogP contribution is 2.26. The van der Waals surface area contributed by atoms with Gasteiger partial charge >= 0.3 is 6.09 Å². The number of phenolic OH excluding ortho intramolecular Hbond substituents is 1. The van der Waals surface area contributed by atoms with E-state index in [4.69, 9.17) is 4.74 Å². The summed E-state index contributed by atoms with van der Waals surface area (Å²) in [5.41, 5.74) is 3.02. The fourth-order valence-corrected chi connectivity index (χ4v) is 2.00. The molecule has 0 aromatic heterocycles. The number of aromatic hydroxyl groups is 1. The van der Waals surface area contributed by atoms with Gasteiger partial charge in [-0.2, -0.15) is 0 Å². The lowest BCUT2D eigenvalue weighted by atomic mass is 10.1. The molecule has 0 aliphatic heterocycles. The van der Waals surface area contributed by atoms with Gasteiger partial charge in [0.2, 0.25) is 0 Å². The van der Waals surface area contributed by atoms with E-state index in [-0.39, 0.29) is 5.75 Å². The monoisotopic (exact) mass is 298 g/mol. The number of amides is 1. The van der Waals surface area contributed by atoms with E-state index in [0.29, 0.717) is 17.0 Å². The number of aliphatic imine (C=N–C) groups is 1. The van der Waals surface area contributed by atoms with Gasteiger partial charge < -0.3 is 15.2 Å². The van der Waals surface area contributed by atoms with Crippen LogP contribution in [0.15, 0.2) is 47.5 Å². The summed E-state index contributed by atoms with van der Waals surface area (Å²) in [6.07, 6.45) is -0.513. The second-order valence-electron chi connectivity index (χ2n) is 4.80. The standard InChI is InChI=1S/C17H18N2O3/c1-11-10-13(22-17(21)18-3)8-9-15(11)19-12(2)14-6-4-5-7-16(14)20/h4-10,20H,1-3H3,(H,18,21)/b19-12+. The molecule has 0 unspecified atom stereocenters. The summed E-state index contributed by atoms with van der Waals surface area (Å²) in [6.45, 7) is 3.72. The number of nitrogens with one attached hydrogen (secondary N) is 1. The van der Waals surface area contributed by atoms with Gasteiger partial charge in [0.15, 0.2) is 0 Å². The van der Waals surface area contributed by atoms with Gasteiger partial charge in [0.1, 0.15) is 11.5 Å². The molecule has 2 rings (SSSR count). The van der Waals surface area contributed by atoms with Crippen LogP contribution in [0, 0.1) is 6.92 Å². The Bertz CT molecular complexity index is 724. The third kappa shape index (κ3) is 3.63. The van der Waals surface area contributed by atoms with E-state index in [1.807, 2.05) is 26.0 Å². The SMILES string of the molecule is CNC(=O)Oc1ccc(/N=C(\C)c2ccccc2O)c(C)c1. The summed E-state index contributed by atoms with van der Waals surface area (Å²) in [5, 5.41) is 12.2. The summed E-state index contributed by atoms with van der Waals surface area (Å²) in [5.74, 6) is 0.650. The van der Waals surface area contributed by atoms with Gasteiger partial charge in [-0.1, -0.05) is 12.1 Å². The molecular weight excluding hydrogens is 280 g/mol. The zero-order valence-electron chi connectivity index (χ0n) is 12.8. The lowest BCUT2D eigenvalue weighted by Crippen LogP contribution is -2.21. The minimum atomic E-state index is -0.513. The fraction of sp³-hybridized carbons (Fsp3) is 0.176. The van der Waals surface area contributed by atoms with E-state index in [1.165, 1.54) is 7.05 Å². The highest BCUT2D eigenvalue weighted by atomic mass is 16.5. The van der Waals surface area contributed by atoms with Gasteiger partial charge in [0, 0.05) is 18.3 Å². The number of phenols is 1. The molecule has 0 atom stereocenters. The fourth-order valence-electron chi connectivity index (χ4n) is 2.00. The van der Waals surface area contributed by atoms with Crippen molar-refractivity contribution >= 4 is 17.5 Å². The minimum Gasteiger partial charge on any atom is -0.507 e. The smallest absolute Gasteiger partial charge is 0.412 e. The van der Waals surface area contributed by atoms with Gasteiger partial charge in [-0.25, -0.2) is 4.79 Å². The molecule has 1 amide bonds. The predicted molar refractivity (Wildman–Crippen MR) is 86.2 cm³/mol. The molecule has 0 saturated carbocycles. The first kappa shape index (κ1) is 15.6. The molecule has 0 spiro atoms. The van der Waals surface area contributed by atoms with Crippen LogP contribution in [-0.4, -0.2) is 24.0 Å². The summed E-state index contributed by atoms with van der Waals surface area (Å²) in [4.78, 5) is 15.7. The number of rotatable bonds is 3. The molecule has 0 aliphatic carbocycles. The van der Waals surface area contributed by atoms with Crippen LogP contribution in [0.25, 0.3) is 0 Å². The Balaban J connectivity index is 2.28. The zero-order valence-corrected chi connectivity index (χ0v) is 12.8. The number of carbonyl (C=O) groups excluding carboxylic acids is 1. The number of ether oxygens (including phenoxy) is 1. The van der Waals surface area contributed by atoms with E-state index >= 15 is 0 Å². The first-order chi connectivity index (χ1) is 10.5. The predicted octanol–water partition coefficient (Wildman–Crippen LogP) is 3.56. The average molecular weight is 298 g/mol. The second kappa shape index (κ2) is 6.76. The summed E-state index contributed by atoms with van der Waals surface area (Å²) in [7, 11) is 1.50. The van der Waals surface area contributed by atoms with Gasteiger partial charge in [-0.3, -0.25) is 4.99 Å². The molecule has 0 radical (unpaired) electrons. The van der Waals surface area contributed by atoms with Crippen molar-refractivity contribution in [2.75, 3.05) is 7.05 Å². The van der Waals surface area contributed by atoms with Crippen molar-refractivity contribution in [2.24, 2.45) is 4.99 Å². The zero-order chi connectivity index (χ0) is 16.1. The van der Waals surface area contributed by atoms with Gasteiger partial charge in [-0.05, 0) is 49.7 Å². The topological polar surface area (TPSA) is 70.9 Å². The number of aryl methyl sites for hydroxylation is 1. The molecule has 5 heteroatoms. The summed E-state index contributed by atoms with van der Waals surface area (Å²) < 4.78 is 5.07. The molecule has 2 aromatic rings. The number of nitrogens with zero attached hydrogens (tertiary/aromatic N) is 1. The summed E-state index contributed by atoms with van der Waals surface area (Å²) >= 11 is 0. The van der Waals surface area contributed by atoms with Gasteiger partial charge in [-0.15, -0.1) is 0 Å². The molecule has 2 aromatic carbocycles. The van der Waals surface area contributed by atoms with Crippen molar-refractivity contribution in [1.29, 1.82) is 0 Å². The largest absolute Gasteiger partial charge is 0.507 e. The number of hydrogen-bond acceptors (Lipinski definition) is 4. The minimum absolute atomic E-state index is 0.195. The Labute approximate surface area is 129 Å². The lowest BCUT2D eigenvalue weighted by molar-refractivity contribution is 0.203. The molecule has 0 aliphatic rings. The van der Waals surface area contributed by atoms with Crippen molar-refractivity contribution in [3.63, 3.8) is 0 Å². The van der Waals surface area contributed by atoms with Crippen LogP contribution in [0.4, 0.5) is 10.5 Å². The van der Waals surface area contributed by atoms with Crippen LogP contribution in [0.2, 0.25) is 0 Å². The number of benzene rings is 2. The van der Waals surface area contributed by atoms with E-state index in [2.05, 4.69) is 10.3 Å². The highest BCUT2D eigenvalue weighted by molar-refractivity contribution is 6.02. The van der Waals surface area contributed by atoms with E-state index in [0.717, 1.165) is 11.3 Å². The average Bonchev–Trinajstić information content (AvgIpc) is 2.50. The van der Waals surface area contributed by atoms with E-state index in [1.54, 1.807) is 30.3 Å². The van der Waals surface area contributed by atoms with Crippen molar-refractivity contribution in [3.05, 3.63) is 53.6 Å². The summed E-state index contributed by atoms with van der Waals surface area (Å²) in [6, 6.07) is 12.3. The molecular formula is C17H18N2O3. The Morgan fingerprint density at radius 1 is 1.23 bits per heavy atom. The van der Waals surface area contributed by atoms with Crippen LogP contribution in [0.5, 0.6) is 11.5 Å². The second-order valence-corrected chi connectivity index (χ2v) is 4.80. The van der Waals surface area contributed by atoms with Crippen LogP contribution in [-0.2, 0) is 0 Å². The Kier molecular flexibility index (Phi) is 4.78. The van der Waals surface area contributed by atoms with Crippen LogP contribution < -0.4 is 10.1 Å².